The summed E-state index contributed by atoms with van der Waals surface area (Å²) in [6.45, 7) is 9.09. The van der Waals surface area contributed by atoms with Crippen LogP contribution in [-0.2, 0) is 9.53 Å². The average molecular weight is 404 g/mol. The van der Waals surface area contributed by atoms with E-state index in [9.17, 15) is 9.59 Å². The van der Waals surface area contributed by atoms with Crippen molar-refractivity contribution in [3.8, 4) is 0 Å². The third-order valence-corrected chi connectivity index (χ3v) is 5.76. The normalized spacial score (nSPS) is 16.1. The van der Waals surface area contributed by atoms with Crippen LogP contribution in [0.3, 0.4) is 0 Å². The van der Waals surface area contributed by atoms with Crippen LogP contribution in [0.1, 0.15) is 37.1 Å². The molecule has 27 heavy (non-hydrogen) atoms. The number of aromatic amines is 1. The first kappa shape index (κ1) is 19.4. The number of carbonyl (C=O) groups excluding carboxylic acids is 1. The lowest BCUT2D eigenvalue weighted by Crippen LogP contribution is -2.31. The van der Waals surface area contributed by atoms with Gasteiger partial charge >= 0.3 is 5.97 Å². The number of nitrogens with zero attached hydrogens (tertiary/aromatic N) is 1. The van der Waals surface area contributed by atoms with Crippen LogP contribution < -0.4 is 10.9 Å². The van der Waals surface area contributed by atoms with E-state index >= 15 is 0 Å². The summed E-state index contributed by atoms with van der Waals surface area (Å²) in [4.78, 5) is 34.0. The number of rotatable bonds is 6. The Kier molecular flexibility index (Phi) is 5.86. The number of hydrogen-bond donors (Lipinski definition) is 2. The number of esters is 1. The Morgan fingerprint density at radius 3 is 2.93 bits per heavy atom. The molecule has 1 unspecified atom stereocenters. The maximum Gasteiger partial charge on any atom is 0.337 e. The van der Waals surface area contributed by atoms with E-state index in [0.717, 1.165) is 4.88 Å². The minimum atomic E-state index is -0.512. The van der Waals surface area contributed by atoms with E-state index in [1.807, 2.05) is 17.5 Å². The number of thiophene rings is 1. The van der Waals surface area contributed by atoms with Gasteiger partial charge in [0, 0.05) is 16.3 Å². The fraction of sp³-hybridized carbons (Fsp3) is 0.316. The van der Waals surface area contributed by atoms with Crippen molar-refractivity contribution in [2.24, 2.45) is 0 Å². The van der Waals surface area contributed by atoms with Crippen LogP contribution in [-0.4, -0.2) is 27.8 Å². The Hall–Kier alpha value is -2.32. The second kappa shape index (κ2) is 8.14. The van der Waals surface area contributed by atoms with Crippen LogP contribution in [0, 0.1) is 0 Å². The Bertz CT molecular complexity index is 946. The summed E-state index contributed by atoms with van der Waals surface area (Å²) in [6, 6.07) is 3.82. The smallest absolute Gasteiger partial charge is 0.337 e. The molecular weight excluding hydrogens is 382 g/mol. The van der Waals surface area contributed by atoms with E-state index in [-0.39, 0.29) is 11.7 Å². The highest BCUT2D eigenvalue weighted by Gasteiger charge is 2.37. The van der Waals surface area contributed by atoms with Crippen molar-refractivity contribution in [1.29, 1.82) is 0 Å². The lowest BCUT2D eigenvalue weighted by Gasteiger charge is -2.28. The number of hydrogen-bond acceptors (Lipinski definition) is 7. The zero-order chi connectivity index (χ0) is 19.6. The number of carbonyl (C=O) groups is 1. The van der Waals surface area contributed by atoms with Crippen LogP contribution in [0.5, 0.6) is 0 Å². The van der Waals surface area contributed by atoms with Crippen LogP contribution in [0.2, 0.25) is 0 Å². The minimum Gasteiger partial charge on any atom is -0.460 e. The molecule has 1 aliphatic rings. The van der Waals surface area contributed by atoms with Gasteiger partial charge < -0.3 is 15.0 Å². The quantitative estimate of drug-likeness (QED) is 0.329. The topological polar surface area (TPSA) is 84.1 Å². The van der Waals surface area contributed by atoms with E-state index in [4.69, 9.17) is 4.74 Å². The summed E-state index contributed by atoms with van der Waals surface area (Å²) in [6.07, 6.45) is 1.49. The van der Waals surface area contributed by atoms with Crippen LogP contribution in [0.15, 0.2) is 51.4 Å². The number of allylic oxidation sites excluding steroid dienone is 1. The van der Waals surface area contributed by atoms with E-state index in [1.165, 1.54) is 23.1 Å². The van der Waals surface area contributed by atoms with Crippen LogP contribution in [0.4, 0.5) is 5.82 Å². The van der Waals surface area contributed by atoms with E-state index in [1.54, 1.807) is 26.8 Å². The minimum absolute atomic E-state index is 0.253. The molecule has 0 spiro atoms. The zero-order valence-electron chi connectivity index (χ0n) is 15.4. The summed E-state index contributed by atoms with van der Waals surface area (Å²) in [5.74, 6) is 0.171. The van der Waals surface area contributed by atoms with E-state index in [2.05, 4.69) is 21.9 Å². The predicted octanol–water partition coefficient (Wildman–Crippen LogP) is 3.89. The highest BCUT2D eigenvalue weighted by molar-refractivity contribution is 7.99. The molecule has 8 heteroatoms. The molecule has 3 heterocycles. The van der Waals surface area contributed by atoms with Gasteiger partial charge in [-0.1, -0.05) is 23.9 Å². The first-order valence-electron chi connectivity index (χ1n) is 8.52. The van der Waals surface area contributed by atoms with Crippen LogP contribution >= 0.6 is 23.1 Å². The van der Waals surface area contributed by atoms with Gasteiger partial charge in [0.2, 0.25) is 0 Å². The van der Waals surface area contributed by atoms with Crippen LogP contribution in [0.25, 0.3) is 0 Å². The number of thioether (sulfide) groups is 1. The summed E-state index contributed by atoms with van der Waals surface area (Å²) < 4.78 is 5.44. The molecule has 2 N–H and O–H groups in total. The summed E-state index contributed by atoms with van der Waals surface area (Å²) in [7, 11) is 0. The SMILES string of the molecule is C=CCSc1nc2c(c(=O)[nH]1)C(c1cccs1)C(C(=O)OC(C)C)=C(C)N2. The lowest BCUT2D eigenvalue weighted by atomic mass is 9.86. The van der Waals surface area contributed by atoms with Gasteiger partial charge in [0.25, 0.3) is 5.56 Å². The maximum absolute atomic E-state index is 12.9. The average Bonchev–Trinajstić information content (AvgIpc) is 3.12. The third kappa shape index (κ3) is 4.01. The highest BCUT2D eigenvalue weighted by atomic mass is 32.2. The van der Waals surface area contributed by atoms with Crippen molar-refractivity contribution in [2.45, 2.75) is 37.9 Å². The second-order valence-corrected chi connectivity index (χ2v) is 8.29. The van der Waals surface area contributed by atoms with Gasteiger partial charge in [-0.15, -0.1) is 17.9 Å². The molecule has 0 saturated heterocycles. The van der Waals surface area contributed by atoms with Gasteiger partial charge in [-0.3, -0.25) is 4.79 Å². The first-order valence-corrected chi connectivity index (χ1v) is 10.4. The number of nitrogens with one attached hydrogen (secondary N) is 2. The summed E-state index contributed by atoms with van der Waals surface area (Å²) in [5.41, 5.74) is 1.25. The van der Waals surface area contributed by atoms with E-state index in [0.29, 0.717) is 33.6 Å². The lowest BCUT2D eigenvalue weighted by molar-refractivity contribution is -0.142. The summed E-state index contributed by atoms with van der Waals surface area (Å²) in [5, 5.41) is 5.56. The number of anilines is 1. The molecule has 0 aromatic carbocycles. The van der Waals surface area contributed by atoms with Crippen molar-refractivity contribution in [1.82, 2.24) is 9.97 Å². The van der Waals surface area contributed by atoms with Gasteiger partial charge in [0.15, 0.2) is 5.16 Å². The molecule has 0 fully saturated rings. The molecule has 0 radical (unpaired) electrons. The van der Waals surface area contributed by atoms with Crippen molar-refractivity contribution < 1.29 is 9.53 Å². The number of ether oxygens (including phenoxy) is 1. The molecule has 142 valence electrons. The predicted molar refractivity (Wildman–Crippen MR) is 109 cm³/mol. The number of fused-ring (bicyclic) bond motifs is 1. The molecule has 1 aliphatic heterocycles. The highest BCUT2D eigenvalue weighted by Crippen LogP contribution is 2.41. The first-order chi connectivity index (χ1) is 12.9. The Balaban J connectivity index is 2.14. The van der Waals surface area contributed by atoms with Crippen molar-refractivity contribution in [3.05, 3.63) is 62.2 Å². The molecule has 0 saturated carbocycles. The molecule has 2 aromatic heterocycles. The van der Waals surface area contributed by atoms with Gasteiger partial charge in [0.1, 0.15) is 5.82 Å². The number of H-pyrrole nitrogens is 1. The molecule has 3 rings (SSSR count). The largest absolute Gasteiger partial charge is 0.460 e. The molecule has 0 amide bonds. The number of aromatic nitrogens is 2. The Labute approximate surface area is 165 Å². The second-order valence-electron chi connectivity index (χ2n) is 6.30. The fourth-order valence-electron chi connectivity index (χ4n) is 2.93. The zero-order valence-corrected chi connectivity index (χ0v) is 17.0. The van der Waals surface area contributed by atoms with Gasteiger partial charge in [-0.2, -0.15) is 0 Å². The van der Waals surface area contributed by atoms with Gasteiger partial charge in [0.05, 0.1) is 23.2 Å². The standard InChI is InChI=1S/C19H21N3O3S2/c1-5-8-27-19-21-16-15(17(23)22-19)14(12-7-6-9-26-12)13(11(4)20-16)18(24)25-10(2)3/h5-7,9-10,14H,1,8H2,2-4H3,(H2,20,21,22,23). The van der Waals surface area contributed by atoms with Gasteiger partial charge in [-0.25, -0.2) is 9.78 Å². The molecule has 6 nitrogen and oxygen atoms in total. The van der Waals surface area contributed by atoms with Crippen molar-refractivity contribution in [2.75, 3.05) is 11.1 Å². The monoisotopic (exact) mass is 403 g/mol. The third-order valence-electron chi connectivity index (χ3n) is 3.95. The van der Waals surface area contributed by atoms with Crippen molar-refractivity contribution >= 4 is 34.9 Å². The molecule has 0 aliphatic carbocycles. The van der Waals surface area contributed by atoms with Crippen molar-refractivity contribution in [3.63, 3.8) is 0 Å². The molecule has 2 aromatic rings. The van der Waals surface area contributed by atoms with Gasteiger partial charge in [-0.05, 0) is 32.2 Å². The Morgan fingerprint density at radius 1 is 1.52 bits per heavy atom. The summed E-state index contributed by atoms with van der Waals surface area (Å²) >= 11 is 2.89. The fourth-order valence-corrected chi connectivity index (χ4v) is 4.36. The maximum atomic E-state index is 12.9. The molecule has 1 atom stereocenters. The van der Waals surface area contributed by atoms with E-state index < -0.39 is 11.9 Å². The molecular formula is C19H21N3O3S2. The Morgan fingerprint density at radius 2 is 2.30 bits per heavy atom. The molecule has 0 bridgehead atoms.